The molecule has 22 heavy (non-hydrogen) atoms. The summed E-state index contributed by atoms with van der Waals surface area (Å²) >= 11 is 0. The molecule has 0 radical (unpaired) electrons. The van der Waals surface area contributed by atoms with Crippen LogP contribution in [0.5, 0.6) is 0 Å². The molecule has 4 heteroatoms. The predicted octanol–water partition coefficient (Wildman–Crippen LogP) is 2.75. The average Bonchev–Trinajstić information content (AvgIpc) is 2.54. The summed E-state index contributed by atoms with van der Waals surface area (Å²) in [6.07, 6.45) is 6.03. The number of nitrogens with zero attached hydrogens (tertiary/aromatic N) is 1. The molecule has 2 aromatic rings. The molecule has 5 N–H and O–H groups in total. The highest BCUT2D eigenvalue weighted by molar-refractivity contribution is 6.10. The van der Waals surface area contributed by atoms with Gasteiger partial charge in [0.15, 0.2) is 0 Å². The number of benzene rings is 2. The first kappa shape index (κ1) is 12.7. The number of para-hydroxylation sites is 1. The second-order valence-corrected chi connectivity index (χ2v) is 5.50. The lowest BCUT2D eigenvalue weighted by Gasteiger charge is -2.25. The lowest BCUT2D eigenvalue weighted by Crippen LogP contribution is -2.39. The van der Waals surface area contributed by atoms with E-state index in [9.17, 15) is 0 Å². The normalized spacial score (nSPS) is 19.1. The summed E-state index contributed by atoms with van der Waals surface area (Å²) in [5.41, 5.74) is 17.8. The van der Waals surface area contributed by atoms with Crippen molar-refractivity contribution in [2.75, 3.05) is 11.1 Å². The molecular weight excluding hydrogens is 272 g/mol. The van der Waals surface area contributed by atoms with Crippen LogP contribution in [0.3, 0.4) is 0 Å². The number of allylic oxidation sites excluding steroid dienone is 1. The van der Waals surface area contributed by atoms with Gasteiger partial charge >= 0.3 is 0 Å². The van der Waals surface area contributed by atoms with Gasteiger partial charge in [0, 0.05) is 35.7 Å². The zero-order valence-electron chi connectivity index (χ0n) is 12.0. The van der Waals surface area contributed by atoms with Crippen molar-refractivity contribution in [3.8, 4) is 0 Å². The van der Waals surface area contributed by atoms with Crippen LogP contribution in [-0.2, 0) is 0 Å². The van der Waals surface area contributed by atoms with Gasteiger partial charge in [0.2, 0.25) is 17.1 Å². The average molecular weight is 289 g/mol. The summed E-state index contributed by atoms with van der Waals surface area (Å²) in [5, 5.41) is 3.53. The Labute approximate surface area is 129 Å². The van der Waals surface area contributed by atoms with Gasteiger partial charge in [0.1, 0.15) is 11.7 Å². The van der Waals surface area contributed by atoms with E-state index >= 15 is 0 Å². The molecule has 0 saturated carbocycles. The third-order valence-electron chi connectivity index (χ3n) is 3.96. The Morgan fingerprint density at radius 2 is 1.82 bits per heavy atom. The lowest BCUT2D eigenvalue weighted by atomic mass is 9.99. The van der Waals surface area contributed by atoms with Crippen LogP contribution in [-0.4, -0.2) is 11.8 Å². The number of hydrogen-bond donors (Lipinski definition) is 3. The molecule has 2 aliphatic rings. The molecule has 0 amide bonds. The molecule has 1 heterocycles. The van der Waals surface area contributed by atoms with E-state index < -0.39 is 0 Å². The van der Waals surface area contributed by atoms with Gasteiger partial charge in [-0.05, 0) is 24.3 Å². The van der Waals surface area contributed by atoms with Crippen molar-refractivity contribution >= 4 is 28.5 Å². The summed E-state index contributed by atoms with van der Waals surface area (Å²) in [6, 6.07) is 16.3. The number of rotatable bonds is 1. The van der Waals surface area contributed by atoms with Gasteiger partial charge in [-0.1, -0.05) is 18.2 Å². The van der Waals surface area contributed by atoms with Crippen molar-refractivity contribution in [3.63, 3.8) is 0 Å². The number of nitrogen functional groups attached to an aromatic ring is 1. The van der Waals surface area contributed by atoms with Gasteiger partial charge in [-0.3, -0.25) is 0 Å². The standard InChI is InChI=1S/C18H16N4/c19-12-6-8-15-17(10-12)22(14-4-2-1-3-5-14)18-11-13(20)7-9-16(18)21-15/h1-11,15,19,21H,20H2/p+1. The van der Waals surface area contributed by atoms with Gasteiger partial charge in [-0.25, -0.2) is 0 Å². The molecule has 1 aliphatic carbocycles. The van der Waals surface area contributed by atoms with Gasteiger partial charge in [-0.2, -0.15) is 4.58 Å². The second-order valence-electron chi connectivity index (χ2n) is 5.50. The number of anilines is 2. The van der Waals surface area contributed by atoms with Crippen molar-refractivity contribution in [1.82, 2.24) is 4.58 Å². The molecule has 108 valence electrons. The van der Waals surface area contributed by atoms with E-state index in [4.69, 9.17) is 11.5 Å². The Bertz CT molecular complexity index is 831. The smallest absolute Gasteiger partial charge is 0.236 e. The van der Waals surface area contributed by atoms with Crippen molar-refractivity contribution in [2.45, 2.75) is 6.04 Å². The zero-order chi connectivity index (χ0) is 15.1. The summed E-state index contributed by atoms with van der Waals surface area (Å²) in [7, 11) is 0. The summed E-state index contributed by atoms with van der Waals surface area (Å²) < 4.78 is 2.21. The van der Waals surface area contributed by atoms with Crippen molar-refractivity contribution in [1.29, 1.82) is 0 Å². The molecule has 1 unspecified atom stereocenters. The fourth-order valence-corrected chi connectivity index (χ4v) is 2.97. The fraction of sp³-hybridized carbons (Fsp3) is 0.0556. The lowest BCUT2D eigenvalue weighted by molar-refractivity contribution is 0.981. The van der Waals surface area contributed by atoms with Crippen LogP contribution in [0.15, 0.2) is 72.5 Å². The molecule has 1 atom stereocenters. The molecule has 1 aliphatic heterocycles. The number of nitrogens with two attached hydrogens (primary N) is 2. The minimum absolute atomic E-state index is 0.101. The Hall–Kier alpha value is -3.01. The van der Waals surface area contributed by atoms with Gasteiger partial charge in [-0.15, -0.1) is 0 Å². The minimum Gasteiger partial charge on any atom is -0.399 e. The Morgan fingerprint density at radius 3 is 2.64 bits per heavy atom. The highest BCUT2D eigenvalue weighted by Gasteiger charge is 2.34. The predicted molar refractivity (Wildman–Crippen MR) is 92.6 cm³/mol. The number of fused-ring (bicyclic) bond motifs is 2. The topological polar surface area (TPSA) is 67.1 Å². The molecule has 0 bridgehead atoms. The molecule has 4 rings (SSSR count). The fourth-order valence-electron chi connectivity index (χ4n) is 2.97. The van der Waals surface area contributed by atoms with Gasteiger partial charge < -0.3 is 16.8 Å². The van der Waals surface area contributed by atoms with Crippen LogP contribution in [0.2, 0.25) is 0 Å². The van der Waals surface area contributed by atoms with Crippen LogP contribution in [0, 0.1) is 0 Å². The van der Waals surface area contributed by atoms with Gasteiger partial charge in [0.25, 0.3) is 0 Å². The first-order valence-electron chi connectivity index (χ1n) is 7.26. The Balaban J connectivity index is 2.03. The van der Waals surface area contributed by atoms with E-state index in [1.165, 1.54) is 0 Å². The maximum Gasteiger partial charge on any atom is 0.236 e. The molecule has 0 fully saturated rings. The van der Waals surface area contributed by atoms with Crippen molar-refractivity contribution in [2.24, 2.45) is 5.73 Å². The first-order valence-corrected chi connectivity index (χ1v) is 7.26. The molecule has 0 spiro atoms. The van der Waals surface area contributed by atoms with E-state index in [1.807, 2.05) is 48.6 Å². The maximum absolute atomic E-state index is 6.01. The quantitative estimate of drug-likeness (QED) is 0.558. The first-order chi connectivity index (χ1) is 10.7. The Kier molecular flexibility index (Phi) is 2.76. The Morgan fingerprint density at radius 1 is 1.00 bits per heavy atom. The molecule has 0 aromatic heterocycles. The van der Waals surface area contributed by atoms with Crippen molar-refractivity contribution in [3.05, 3.63) is 72.5 Å². The van der Waals surface area contributed by atoms with Crippen molar-refractivity contribution < 1.29 is 0 Å². The van der Waals surface area contributed by atoms with Crippen LogP contribution in [0.4, 0.5) is 22.7 Å². The zero-order valence-corrected chi connectivity index (χ0v) is 12.0. The highest BCUT2D eigenvalue weighted by Crippen LogP contribution is 2.35. The number of hydrogen-bond acceptors (Lipinski definition) is 3. The SMILES string of the molecule is NC1=CC2=[N+](c3ccccc3)c3cc(N)ccc3NC2C=C1. The maximum atomic E-state index is 6.01. The van der Waals surface area contributed by atoms with E-state index in [2.05, 4.69) is 28.1 Å². The largest absolute Gasteiger partial charge is 0.399 e. The molecule has 2 aromatic carbocycles. The van der Waals surface area contributed by atoms with E-state index in [-0.39, 0.29) is 6.04 Å². The highest BCUT2D eigenvalue weighted by atomic mass is 15.1. The van der Waals surface area contributed by atoms with Crippen LogP contribution >= 0.6 is 0 Å². The second kappa shape index (κ2) is 4.77. The van der Waals surface area contributed by atoms with E-state index in [0.29, 0.717) is 0 Å². The third-order valence-corrected chi connectivity index (χ3v) is 3.96. The molecule has 4 nitrogen and oxygen atoms in total. The minimum atomic E-state index is 0.101. The third kappa shape index (κ3) is 1.97. The molecular formula is C18H17N4+. The number of nitrogens with one attached hydrogen (secondary N) is 1. The van der Waals surface area contributed by atoms with Crippen LogP contribution in [0.1, 0.15) is 0 Å². The van der Waals surface area contributed by atoms with Crippen LogP contribution in [0.25, 0.3) is 0 Å². The monoisotopic (exact) mass is 289 g/mol. The summed E-state index contributed by atoms with van der Waals surface area (Å²) in [4.78, 5) is 0. The van der Waals surface area contributed by atoms with Gasteiger partial charge in [0.05, 0.1) is 0 Å². The van der Waals surface area contributed by atoms with E-state index in [0.717, 1.165) is 34.2 Å². The van der Waals surface area contributed by atoms with Crippen LogP contribution < -0.4 is 21.4 Å². The summed E-state index contributed by atoms with van der Waals surface area (Å²) in [6.45, 7) is 0. The van der Waals surface area contributed by atoms with E-state index in [1.54, 1.807) is 0 Å². The molecule has 0 saturated heterocycles. The summed E-state index contributed by atoms with van der Waals surface area (Å²) in [5.74, 6) is 0.